The monoisotopic (exact) mass is 371 g/mol. The number of hydrogen-bond acceptors (Lipinski definition) is 9. The van der Waals surface area contributed by atoms with Gasteiger partial charge in [-0.25, -0.2) is 10.0 Å². The van der Waals surface area contributed by atoms with Crippen molar-refractivity contribution in [1.29, 1.82) is 0 Å². The average molecular weight is 371 g/mol. The summed E-state index contributed by atoms with van der Waals surface area (Å²) in [5.41, 5.74) is 1.21. The Morgan fingerprint density at radius 3 is 2.93 bits per heavy atom. The van der Waals surface area contributed by atoms with Crippen LogP contribution in [0, 0.1) is 0 Å². The molecule has 0 saturated heterocycles. The van der Waals surface area contributed by atoms with Crippen LogP contribution in [0.15, 0.2) is 45.8 Å². The Kier molecular flexibility index (Phi) is 3.23. The van der Waals surface area contributed by atoms with Crippen molar-refractivity contribution in [2.45, 2.75) is 25.6 Å². The number of aromatic nitrogens is 2. The summed E-state index contributed by atoms with van der Waals surface area (Å²) < 4.78 is 24.9. The molecule has 5 rings (SSSR count). The summed E-state index contributed by atoms with van der Waals surface area (Å²) in [5, 5.41) is 8.14. The summed E-state index contributed by atoms with van der Waals surface area (Å²) in [6.45, 7) is 3.80. The first kappa shape index (κ1) is 16.1. The molecule has 3 aliphatic rings. The van der Waals surface area contributed by atoms with Gasteiger partial charge in [-0.3, -0.25) is 0 Å². The second-order valence-corrected chi connectivity index (χ2v) is 6.96. The summed E-state index contributed by atoms with van der Waals surface area (Å²) in [6.07, 6.45) is 2.71. The molecule has 0 saturated carbocycles. The fourth-order valence-electron chi connectivity index (χ4n) is 3.37. The zero-order valence-corrected chi connectivity index (χ0v) is 15.1. The lowest BCUT2D eigenvalue weighted by Crippen LogP contribution is -2.46. The number of benzene rings is 1. The minimum Gasteiger partial charge on any atom is -0.371 e. The maximum absolute atomic E-state index is 14.1. The SMILES string of the molecule is COC(C)(C)c1noc(N2C=NC3c4ccccc4N4CN(F)C=C4N32)n1. The van der Waals surface area contributed by atoms with Crippen LogP contribution in [0.1, 0.15) is 31.4 Å². The molecule has 9 nitrogen and oxygen atoms in total. The van der Waals surface area contributed by atoms with E-state index in [1.165, 1.54) is 6.20 Å². The number of hydrogen-bond donors (Lipinski definition) is 0. The summed E-state index contributed by atoms with van der Waals surface area (Å²) in [4.78, 5) is 10.9. The predicted octanol–water partition coefficient (Wildman–Crippen LogP) is 2.49. The Morgan fingerprint density at radius 1 is 1.30 bits per heavy atom. The van der Waals surface area contributed by atoms with E-state index < -0.39 is 5.60 Å². The summed E-state index contributed by atoms with van der Waals surface area (Å²) in [7, 11) is 1.59. The molecule has 0 fully saturated rings. The van der Waals surface area contributed by atoms with E-state index in [0.717, 1.165) is 11.3 Å². The number of fused-ring (bicyclic) bond motifs is 6. The topological polar surface area (TPSA) is 73.5 Å². The van der Waals surface area contributed by atoms with Crippen LogP contribution in [-0.4, -0.2) is 40.4 Å². The standard InChI is InChI=1S/C17H18FN7O2/c1-17(2,26-3)15-20-16(27-21-15)24-9-19-14-11-6-4-5-7-12(11)23-10-22(18)8-13(23)25(14)24/h4-9,14H,10H2,1-3H3. The molecule has 3 aliphatic heterocycles. The molecule has 0 N–H and O–H groups in total. The molecular weight excluding hydrogens is 353 g/mol. The van der Waals surface area contributed by atoms with E-state index in [1.54, 1.807) is 18.5 Å². The minimum absolute atomic E-state index is 0.106. The molecule has 4 heterocycles. The minimum atomic E-state index is -0.694. The number of para-hydroxylation sites is 1. The normalized spacial score (nSPS) is 20.7. The van der Waals surface area contributed by atoms with Gasteiger partial charge in [-0.1, -0.05) is 27.8 Å². The van der Waals surface area contributed by atoms with Gasteiger partial charge in [-0.15, -0.1) is 0 Å². The third kappa shape index (κ3) is 2.23. The molecule has 0 bridgehead atoms. The molecule has 2 aromatic rings. The van der Waals surface area contributed by atoms with Crippen LogP contribution in [0.4, 0.5) is 16.2 Å². The van der Waals surface area contributed by atoms with Gasteiger partial charge in [0.25, 0.3) is 0 Å². The molecule has 0 aliphatic carbocycles. The van der Waals surface area contributed by atoms with Crippen LogP contribution in [0.5, 0.6) is 0 Å². The van der Waals surface area contributed by atoms with Crippen molar-refractivity contribution < 1.29 is 13.7 Å². The van der Waals surface area contributed by atoms with E-state index in [0.29, 0.717) is 16.8 Å². The molecule has 1 atom stereocenters. The lowest BCUT2D eigenvalue weighted by molar-refractivity contribution is 0.00973. The molecule has 27 heavy (non-hydrogen) atoms. The molecule has 0 spiro atoms. The number of nitrogens with zero attached hydrogens (tertiary/aromatic N) is 7. The number of aliphatic imine (C=N–C) groups is 1. The Bertz CT molecular complexity index is 956. The van der Waals surface area contributed by atoms with Gasteiger partial charge in [-0.2, -0.15) is 15.1 Å². The van der Waals surface area contributed by atoms with Crippen molar-refractivity contribution in [3.05, 3.63) is 47.7 Å². The number of hydrazine groups is 1. The Morgan fingerprint density at radius 2 is 2.11 bits per heavy atom. The van der Waals surface area contributed by atoms with E-state index in [1.807, 2.05) is 48.0 Å². The van der Waals surface area contributed by atoms with Gasteiger partial charge in [-0.05, 0) is 19.9 Å². The van der Waals surface area contributed by atoms with E-state index in [4.69, 9.17) is 9.26 Å². The van der Waals surface area contributed by atoms with Crippen LogP contribution >= 0.6 is 0 Å². The van der Waals surface area contributed by atoms with Crippen LogP contribution in [0.2, 0.25) is 0 Å². The van der Waals surface area contributed by atoms with E-state index in [9.17, 15) is 4.48 Å². The third-order valence-corrected chi connectivity index (χ3v) is 4.99. The first-order chi connectivity index (χ1) is 13.0. The van der Waals surface area contributed by atoms with Gasteiger partial charge in [0.1, 0.15) is 18.6 Å². The van der Waals surface area contributed by atoms with Crippen molar-refractivity contribution in [3.63, 3.8) is 0 Å². The number of anilines is 2. The number of halogens is 1. The highest BCUT2D eigenvalue weighted by atomic mass is 19.2. The maximum atomic E-state index is 14.1. The zero-order chi connectivity index (χ0) is 18.8. The molecule has 10 heteroatoms. The first-order valence-corrected chi connectivity index (χ1v) is 8.51. The van der Waals surface area contributed by atoms with Gasteiger partial charge in [0, 0.05) is 12.7 Å². The van der Waals surface area contributed by atoms with Crippen molar-refractivity contribution in [1.82, 2.24) is 20.3 Å². The van der Waals surface area contributed by atoms with Crippen molar-refractivity contribution in [2.75, 3.05) is 23.7 Å². The maximum Gasteiger partial charge on any atom is 0.348 e. The Labute approximate surface area is 154 Å². The summed E-state index contributed by atoms with van der Waals surface area (Å²) >= 11 is 0. The lowest BCUT2D eigenvalue weighted by atomic mass is 10.1. The van der Waals surface area contributed by atoms with E-state index in [2.05, 4.69) is 15.1 Å². The largest absolute Gasteiger partial charge is 0.371 e. The zero-order valence-electron chi connectivity index (χ0n) is 15.1. The molecular formula is C17H18FN7O2. The number of ether oxygens (including phenoxy) is 1. The summed E-state index contributed by atoms with van der Waals surface area (Å²) in [6, 6.07) is 8.06. The van der Waals surface area contributed by atoms with Gasteiger partial charge < -0.3 is 14.2 Å². The average Bonchev–Trinajstić information content (AvgIpc) is 3.38. The van der Waals surface area contributed by atoms with Crippen LogP contribution in [-0.2, 0) is 10.3 Å². The first-order valence-electron chi connectivity index (χ1n) is 8.51. The third-order valence-electron chi connectivity index (χ3n) is 4.99. The second-order valence-electron chi connectivity index (χ2n) is 6.96. The highest BCUT2D eigenvalue weighted by Crippen LogP contribution is 2.46. The van der Waals surface area contributed by atoms with E-state index >= 15 is 0 Å². The van der Waals surface area contributed by atoms with E-state index in [-0.39, 0.29) is 18.8 Å². The quantitative estimate of drug-likeness (QED) is 0.762. The predicted molar refractivity (Wildman–Crippen MR) is 94.7 cm³/mol. The lowest BCUT2D eigenvalue weighted by Gasteiger charge is -2.41. The fourth-order valence-corrected chi connectivity index (χ4v) is 3.37. The Balaban J connectivity index is 1.57. The second kappa shape index (κ2) is 5.43. The number of rotatable bonds is 3. The molecule has 0 radical (unpaired) electrons. The molecule has 140 valence electrons. The van der Waals surface area contributed by atoms with Gasteiger partial charge >= 0.3 is 6.01 Å². The molecule has 1 aromatic carbocycles. The highest BCUT2D eigenvalue weighted by Gasteiger charge is 2.45. The molecule has 0 amide bonds. The van der Waals surface area contributed by atoms with Gasteiger partial charge in [0.2, 0.25) is 5.82 Å². The molecule has 1 unspecified atom stereocenters. The van der Waals surface area contributed by atoms with Crippen LogP contribution < -0.4 is 9.91 Å². The van der Waals surface area contributed by atoms with Crippen molar-refractivity contribution in [3.8, 4) is 0 Å². The van der Waals surface area contributed by atoms with Crippen LogP contribution in [0.3, 0.4) is 0 Å². The van der Waals surface area contributed by atoms with Gasteiger partial charge in [0.05, 0.1) is 11.9 Å². The molecule has 1 aromatic heterocycles. The fraction of sp³-hybridized carbons (Fsp3) is 0.353. The van der Waals surface area contributed by atoms with Crippen molar-refractivity contribution in [2.24, 2.45) is 4.99 Å². The summed E-state index contributed by atoms with van der Waals surface area (Å²) in [5.74, 6) is 1.06. The van der Waals surface area contributed by atoms with Gasteiger partial charge in [0.15, 0.2) is 12.0 Å². The highest BCUT2D eigenvalue weighted by molar-refractivity contribution is 5.79. The number of methoxy groups -OCH3 is 1. The Hall–Kier alpha value is -3.14. The van der Waals surface area contributed by atoms with Crippen molar-refractivity contribution >= 4 is 18.0 Å². The van der Waals surface area contributed by atoms with Crippen LogP contribution in [0.25, 0.3) is 0 Å². The smallest absolute Gasteiger partial charge is 0.348 e.